The topological polar surface area (TPSA) is 57.5 Å². The molecule has 3 rings (SSSR count). The molecular formula is C22H34N6. The number of aryl methyl sites for hydroxylation is 1. The Hall–Kier alpha value is -2.34. The van der Waals surface area contributed by atoms with Crippen LogP contribution < -0.4 is 10.6 Å². The maximum Gasteiger partial charge on any atom is 0.191 e. The first kappa shape index (κ1) is 20.4. The van der Waals surface area contributed by atoms with Crippen molar-refractivity contribution in [2.75, 3.05) is 26.2 Å². The molecule has 1 aromatic heterocycles. The molecular weight excluding hydrogens is 348 g/mol. The maximum absolute atomic E-state index is 4.88. The minimum Gasteiger partial charge on any atom is -0.357 e. The predicted octanol–water partition coefficient (Wildman–Crippen LogP) is 2.67. The number of benzene rings is 1. The largest absolute Gasteiger partial charge is 0.357 e. The summed E-state index contributed by atoms with van der Waals surface area (Å²) in [7, 11) is 0. The molecule has 2 N–H and O–H groups in total. The van der Waals surface area contributed by atoms with Gasteiger partial charge in [0.15, 0.2) is 5.96 Å². The molecule has 0 saturated heterocycles. The van der Waals surface area contributed by atoms with Crippen LogP contribution in [0.2, 0.25) is 0 Å². The molecule has 0 amide bonds. The van der Waals surface area contributed by atoms with Gasteiger partial charge in [0, 0.05) is 51.2 Å². The van der Waals surface area contributed by atoms with Gasteiger partial charge in [0.1, 0.15) is 0 Å². The van der Waals surface area contributed by atoms with E-state index < -0.39 is 0 Å². The lowest BCUT2D eigenvalue weighted by Gasteiger charge is -2.34. The lowest BCUT2D eigenvalue weighted by molar-refractivity contribution is 0.178. The molecule has 28 heavy (non-hydrogen) atoms. The van der Waals surface area contributed by atoms with Gasteiger partial charge in [-0.3, -0.25) is 14.6 Å². The van der Waals surface area contributed by atoms with Crippen LogP contribution in [0.4, 0.5) is 0 Å². The molecule has 0 spiro atoms. The Kier molecular flexibility index (Phi) is 7.91. The van der Waals surface area contributed by atoms with Crippen LogP contribution in [0.1, 0.15) is 37.8 Å². The highest BCUT2D eigenvalue weighted by Gasteiger charge is 2.22. The van der Waals surface area contributed by atoms with Crippen LogP contribution >= 0.6 is 0 Å². The maximum atomic E-state index is 4.88. The zero-order chi connectivity index (χ0) is 19.6. The van der Waals surface area contributed by atoms with E-state index in [1.165, 1.54) is 11.1 Å². The molecule has 0 radical (unpaired) electrons. The summed E-state index contributed by atoms with van der Waals surface area (Å²) in [5.74, 6) is 0.916. The summed E-state index contributed by atoms with van der Waals surface area (Å²) in [5, 5.41) is 11.1. The molecule has 6 nitrogen and oxygen atoms in total. The molecule has 1 unspecified atom stereocenters. The first-order valence-corrected chi connectivity index (χ1v) is 10.6. The number of guanidine groups is 1. The number of aliphatic imine (C=N–C) groups is 1. The number of aromatic nitrogens is 2. The van der Waals surface area contributed by atoms with Crippen LogP contribution in [-0.4, -0.2) is 52.9 Å². The van der Waals surface area contributed by atoms with Crippen molar-refractivity contribution in [2.45, 2.75) is 52.2 Å². The molecule has 1 aliphatic rings. The van der Waals surface area contributed by atoms with Crippen molar-refractivity contribution < 1.29 is 0 Å². The van der Waals surface area contributed by atoms with Crippen LogP contribution in [0.25, 0.3) is 0 Å². The number of fused-ring (bicyclic) bond motifs is 1. The van der Waals surface area contributed by atoms with Gasteiger partial charge in [-0.2, -0.15) is 5.10 Å². The van der Waals surface area contributed by atoms with Crippen LogP contribution in [0.3, 0.4) is 0 Å². The third-order valence-corrected chi connectivity index (χ3v) is 5.37. The van der Waals surface area contributed by atoms with Gasteiger partial charge >= 0.3 is 0 Å². The van der Waals surface area contributed by atoms with Crippen molar-refractivity contribution in [3.63, 3.8) is 0 Å². The van der Waals surface area contributed by atoms with E-state index in [2.05, 4.69) is 58.7 Å². The summed E-state index contributed by atoms with van der Waals surface area (Å²) >= 11 is 0. The Morgan fingerprint density at radius 3 is 2.79 bits per heavy atom. The normalized spacial score (nSPS) is 15.9. The number of nitrogens with zero attached hydrogens (tertiary/aromatic N) is 4. The molecule has 1 aliphatic heterocycles. The van der Waals surface area contributed by atoms with Crippen molar-refractivity contribution in [1.29, 1.82) is 0 Å². The number of hydrogen-bond acceptors (Lipinski definition) is 3. The summed E-state index contributed by atoms with van der Waals surface area (Å²) in [6.07, 6.45) is 7.10. The van der Waals surface area contributed by atoms with E-state index in [0.717, 1.165) is 64.5 Å². The SMILES string of the molecule is CCNC(=NCC(CC)N1CCc2ccccc2C1)NCCCn1cccn1. The van der Waals surface area contributed by atoms with Gasteiger partial charge < -0.3 is 10.6 Å². The molecule has 6 heteroatoms. The molecule has 2 aromatic rings. The number of nitrogens with one attached hydrogen (secondary N) is 2. The average Bonchev–Trinajstić information content (AvgIpc) is 3.25. The summed E-state index contributed by atoms with van der Waals surface area (Å²) in [6.45, 7) is 10.1. The molecule has 152 valence electrons. The van der Waals surface area contributed by atoms with Gasteiger partial charge in [-0.25, -0.2) is 0 Å². The van der Waals surface area contributed by atoms with E-state index in [-0.39, 0.29) is 0 Å². The number of hydrogen-bond donors (Lipinski definition) is 2. The van der Waals surface area contributed by atoms with Gasteiger partial charge in [0.2, 0.25) is 0 Å². The van der Waals surface area contributed by atoms with Crippen molar-refractivity contribution in [2.24, 2.45) is 4.99 Å². The Morgan fingerprint density at radius 1 is 1.18 bits per heavy atom. The summed E-state index contributed by atoms with van der Waals surface area (Å²) in [6, 6.07) is 11.3. The monoisotopic (exact) mass is 382 g/mol. The second-order valence-electron chi connectivity index (χ2n) is 7.32. The molecule has 0 fully saturated rings. The average molecular weight is 383 g/mol. The zero-order valence-electron chi connectivity index (χ0n) is 17.3. The minimum absolute atomic E-state index is 0.480. The lowest BCUT2D eigenvalue weighted by atomic mass is 9.98. The highest BCUT2D eigenvalue weighted by atomic mass is 15.3. The Balaban J connectivity index is 1.50. The van der Waals surface area contributed by atoms with Crippen molar-refractivity contribution in [3.8, 4) is 0 Å². The van der Waals surface area contributed by atoms with Gasteiger partial charge in [-0.1, -0.05) is 31.2 Å². The minimum atomic E-state index is 0.480. The Labute approximate surface area is 169 Å². The van der Waals surface area contributed by atoms with E-state index in [4.69, 9.17) is 4.99 Å². The van der Waals surface area contributed by atoms with Crippen LogP contribution in [0.5, 0.6) is 0 Å². The Morgan fingerprint density at radius 2 is 2.04 bits per heavy atom. The predicted molar refractivity (Wildman–Crippen MR) is 115 cm³/mol. The molecule has 2 heterocycles. The Bertz CT molecular complexity index is 724. The zero-order valence-corrected chi connectivity index (χ0v) is 17.3. The summed E-state index contributed by atoms with van der Waals surface area (Å²) < 4.78 is 1.97. The first-order chi connectivity index (χ1) is 13.8. The van der Waals surface area contributed by atoms with E-state index in [0.29, 0.717) is 6.04 Å². The third kappa shape index (κ3) is 5.83. The van der Waals surface area contributed by atoms with E-state index in [1.807, 2.05) is 23.1 Å². The van der Waals surface area contributed by atoms with Crippen molar-refractivity contribution in [3.05, 3.63) is 53.9 Å². The molecule has 0 aliphatic carbocycles. The second-order valence-corrected chi connectivity index (χ2v) is 7.32. The fourth-order valence-electron chi connectivity index (χ4n) is 3.75. The molecule has 1 aromatic carbocycles. The fourth-order valence-corrected chi connectivity index (χ4v) is 3.75. The van der Waals surface area contributed by atoms with Crippen LogP contribution in [0.15, 0.2) is 47.7 Å². The van der Waals surface area contributed by atoms with Gasteiger partial charge in [0.25, 0.3) is 0 Å². The van der Waals surface area contributed by atoms with E-state index >= 15 is 0 Å². The first-order valence-electron chi connectivity index (χ1n) is 10.6. The van der Waals surface area contributed by atoms with Crippen LogP contribution in [-0.2, 0) is 19.5 Å². The molecule has 0 saturated carbocycles. The molecule has 1 atom stereocenters. The smallest absolute Gasteiger partial charge is 0.191 e. The summed E-state index contributed by atoms with van der Waals surface area (Å²) in [5.41, 5.74) is 2.98. The lowest BCUT2D eigenvalue weighted by Crippen LogP contribution is -2.43. The highest BCUT2D eigenvalue weighted by molar-refractivity contribution is 5.79. The van der Waals surface area contributed by atoms with Crippen molar-refractivity contribution in [1.82, 2.24) is 25.3 Å². The second kappa shape index (κ2) is 10.9. The quantitative estimate of drug-likeness (QED) is 0.398. The van der Waals surface area contributed by atoms with E-state index in [9.17, 15) is 0 Å². The van der Waals surface area contributed by atoms with Gasteiger partial charge in [0.05, 0.1) is 6.54 Å². The van der Waals surface area contributed by atoms with Gasteiger partial charge in [-0.05, 0) is 43.4 Å². The molecule has 0 bridgehead atoms. The third-order valence-electron chi connectivity index (χ3n) is 5.37. The standard InChI is InChI=1S/C22H34N6/c1-3-21(27-16-11-19-9-5-6-10-20(19)18-27)17-25-22(23-4-2)24-12-7-14-28-15-8-13-26-28/h5-6,8-10,13,15,21H,3-4,7,11-12,14,16-18H2,1-2H3,(H2,23,24,25). The fraction of sp³-hybridized carbons (Fsp3) is 0.545. The van der Waals surface area contributed by atoms with Gasteiger partial charge in [-0.15, -0.1) is 0 Å². The van der Waals surface area contributed by atoms with Crippen LogP contribution in [0, 0.1) is 0 Å². The number of rotatable bonds is 9. The van der Waals surface area contributed by atoms with E-state index in [1.54, 1.807) is 0 Å². The van der Waals surface area contributed by atoms with Crippen molar-refractivity contribution >= 4 is 5.96 Å². The highest BCUT2D eigenvalue weighted by Crippen LogP contribution is 2.21. The summed E-state index contributed by atoms with van der Waals surface area (Å²) in [4.78, 5) is 7.47.